The first-order chi connectivity index (χ1) is 25.4. The predicted molar refractivity (Wildman–Crippen MR) is 194 cm³/mol. The SMILES string of the molecule is CNC1C(O)C(NC)C2OC3(O)C(=O)CC(C)OC3OC2C1O.CSC1OC(C(NC(=O)C2CC(C(C)C)CN2C)C(C)O)C(O)C(O)C1O.O=S(=O)(O)O. The zero-order valence-corrected chi connectivity index (χ0v) is 33.7. The summed E-state index contributed by atoms with van der Waals surface area (Å²) in [6.45, 7) is 8.30. The smallest absolute Gasteiger partial charge is 0.391 e. The highest BCUT2D eigenvalue weighted by Crippen LogP contribution is 2.40. The summed E-state index contributed by atoms with van der Waals surface area (Å²) < 4.78 is 54.1. The fraction of sp³-hybridized carbons (Fsp3) is 0.938. The Bertz CT molecular complexity index is 1380. The lowest BCUT2D eigenvalue weighted by molar-refractivity contribution is -0.420. The van der Waals surface area contributed by atoms with Crippen molar-refractivity contribution in [2.24, 2.45) is 11.8 Å². The van der Waals surface area contributed by atoms with Gasteiger partial charge in [-0.1, -0.05) is 13.8 Å². The van der Waals surface area contributed by atoms with Crippen LogP contribution in [0, 0.1) is 11.8 Å². The summed E-state index contributed by atoms with van der Waals surface area (Å²) in [5.41, 5.74) is -0.758. The molecule has 4 aliphatic heterocycles. The maximum absolute atomic E-state index is 12.9. The van der Waals surface area contributed by atoms with Gasteiger partial charge in [0.2, 0.25) is 12.2 Å². The van der Waals surface area contributed by atoms with Crippen molar-refractivity contribution in [1.82, 2.24) is 20.9 Å². The van der Waals surface area contributed by atoms with Crippen molar-refractivity contribution in [3.05, 3.63) is 0 Å². The van der Waals surface area contributed by atoms with Crippen molar-refractivity contribution in [3.8, 4) is 0 Å². The summed E-state index contributed by atoms with van der Waals surface area (Å²) in [5, 5.41) is 80.8. The molecular weight excluding hydrogens is 776 g/mol. The molecule has 0 aromatic carbocycles. The summed E-state index contributed by atoms with van der Waals surface area (Å²) >= 11 is 1.19. The van der Waals surface area contributed by atoms with Gasteiger partial charge < -0.3 is 70.6 Å². The zero-order valence-electron chi connectivity index (χ0n) is 32.1. The van der Waals surface area contributed by atoms with E-state index in [0.29, 0.717) is 11.8 Å². The third-order valence-electron chi connectivity index (χ3n) is 10.8. The van der Waals surface area contributed by atoms with Crippen LogP contribution in [0.4, 0.5) is 0 Å². The van der Waals surface area contributed by atoms with Crippen molar-refractivity contribution < 1.29 is 81.8 Å². The lowest BCUT2D eigenvalue weighted by atomic mass is 9.80. The van der Waals surface area contributed by atoms with E-state index in [9.17, 15) is 45.3 Å². The van der Waals surface area contributed by atoms with Crippen LogP contribution >= 0.6 is 11.8 Å². The van der Waals surface area contributed by atoms with Gasteiger partial charge in [-0.3, -0.25) is 23.6 Å². The van der Waals surface area contributed by atoms with Gasteiger partial charge in [-0.2, -0.15) is 8.42 Å². The van der Waals surface area contributed by atoms with Crippen LogP contribution in [0.1, 0.15) is 40.5 Å². The number of ether oxygens (including phenoxy) is 4. The van der Waals surface area contributed by atoms with Crippen LogP contribution in [0.25, 0.3) is 0 Å². The largest absolute Gasteiger partial charge is 0.394 e. The van der Waals surface area contributed by atoms with Gasteiger partial charge in [-0.05, 0) is 59.5 Å². The first kappa shape index (κ1) is 48.2. The average Bonchev–Trinajstić information content (AvgIpc) is 3.48. The molecule has 5 rings (SSSR count). The van der Waals surface area contributed by atoms with Crippen LogP contribution in [0.5, 0.6) is 0 Å². The first-order valence-corrected chi connectivity index (χ1v) is 20.7. The number of carbonyl (C=O) groups is 2. The second-order valence-electron chi connectivity index (χ2n) is 15.0. The van der Waals surface area contributed by atoms with Gasteiger partial charge in [0.25, 0.3) is 5.79 Å². The molecule has 0 aromatic heterocycles. The molecule has 0 radical (unpaired) electrons. The Labute approximate surface area is 325 Å². The average molecular weight is 837 g/mol. The Hall–Kier alpha value is -1.20. The molecule has 1 amide bonds. The van der Waals surface area contributed by atoms with Crippen LogP contribution in [0.15, 0.2) is 0 Å². The Kier molecular flexibility index (Phi) is 17.3. The fourth-order valence-electron chi connectivity index (χ4n) is 7.62. The third-order valence-corrected chi connectivity index (χ3v) is 11.6. The molecule has 21 nitrogen and oxygen atoms in total. The van der Waals surface area contributed by atoms with Crippen molar-refractivity contribution in [1.29, 1.82) is 0 Å². The molecular formula is C32H60N4O17S2. The van der Waals surface area contributed by atoms with E-state index in [4.69, 9.17) is 36.5 Å². The first-order valence-electron chi connectivity index (χ1n) is 18.0. The van der Waals surface area contributed by atoms with Gasteiger partial charge in [0.15, 0.2) is 5.78 Å². The van der Waals surface area contributed by atoms with Gasteiger partial charge in [0.1, 0.15) is 48.2 Å². The van der Waals surface area contributed by atoms with Crippen LogP contribution in [-0.4, -0.2) is 207 Å². The molecule has 1 saturated carbocycles. The quantitative estimate of drug-likeness (QED) is 0.102. The number of nitrogens with one attached hydrogen (secondary N) is 3. The van der Waals surface area contributed by atoms with Crippen molar-refractivity contribution in [2.75, 3.05) is 33.9 Å². The number of carbonyl (C=O) groups excluding carboxylic acids is 2. The molecule has 23 heteroatoms. The lowest BCUT2D eigenvalue weighted by Crippen LogP contribution is -2.77. The zero-order chi connectivity index (χ0) is 41.9. The minimum atomic E-state index is -4.67. The van der Waals surface area contributed by atoms with E-state index in [1.807, 2.05) is 11.9 Å². The number of aliphatic hydroxyl groups is 7. The monoisotopic (exact) mass is 836 g/mol. The number of aliphatic hydroxyl groups excluding tert-OH is 6. The highest BCUT2D eigenvalue weighted by Gasteiger charge is 2.63. The van der Waals surface area contributed by atoms with E-state index < -0.39 is 113 Å². The van der Waals surface area contributed by atoms with Crippen molar-refractivity contribution >= 4 is 33.9 Å². The molecule has 322 valence electrons. The number of nitrogens with zero attached hydrogens (tertiary/aromatic N) is 1. The Balaban J connectivity index is 0.000000265. The Morgan fingerprint density at radius 2 is 1.51 bits per heavy atom. The molecule has 5 aliphatic rings. The molecule has 4 saturated heterocycles. The number of likely N-dealkylation sites (tertiary alicyclic amines) is 1. The van der Waals surface area contributed by atoms with Gasteiger partial charge in [-0.25, -0.2) is 0 Å². The summed E-state index contributed by atoms with van der Waals surface area (Å²) in [4.78, 5) is 27.1. The number of thioether (sulfide) groups is 1. The number of Topliss-reactive ketones (excluding diaryl/α,β-unsaturated/α-hetero) is 1. The predicted octanol–water partition coefficient (Wildman–Crippen LogP) is -4.58. The number of amides is 1. The fourth-order valence-corrected chi connectivity index (χ4v) is 8.29. The van der Waals surface area contributed by atoms with E-state index in [1.54, 1.807) is 27.3 Å². The summed E-state index contributed by atoms with van der Waals surface area (Å²) in [6, 6.07) is -2.51. The van der Waals surface area contributed by atoms with Crippen LogP contribution < -0.4 is 16.0 Å². The Morgan fingerprint density at radius 3 is 2.00 bits per heavy atom. The molecule has 55 heavy (non-hydrogen) atoms. The van der Waals surface area contributed by atoms with Gasteiger partial charge in [0, 0.05) is 13.0 Å². The van der Waals surface area contributed by atoms with Gasteiger partial charge in [0.05, 0.1) is 42.5 Å². The van der Waals surface area contributed by atoms with E-state index in [1.165, 1.54) is 18.7 Å². The number of hydrogen-bond donors (Lipinski definition) is 12. The van der Waals surface area contributed by atoms with Crippen LogP contribution in [-0.2, 0) is 38.9 Å². The lowest BCUT2D eigenvalue weighted by Gasteiger charge is -2.55. The topological polar surface area (TPSA) is 327 Å². The van der Waals surface area contributed by atoms with Gasteiger partial charge >= 0.3 is 10.4 Å². The number of likely N-dealkylation sites (N-methyl/N-ethyl adjacent to an activating group) is 3. The number of hydrogen-bond acceptors (Lipinski definition) is 19. The summed E-state index contributed by atoms with van der Waals surface area (Å²) in [6.07, 6.45) is -9.26. The van der Waals surface area contributed by atoms with Gasteiger partial charge in [-0.15, -0.1) is 11.8 Å². The molecule has 18 unspecified atom stereocenters. The molecule has 18 atom stereocenters. The summed E-state index contributed by atoms with van der Waals surface area (Å²) in [7, 11) is 0.475. The minimum Gasteiger partial charge on any atom is -0.391 e. The molecule has 0 bridgehead atoms. The highest BCUT2D eigenvalue weighted by molar-refractivity contribution is 7.99. The van der Waals surface area contributed by atoms with E-state index >= 15 is 0 Å². The molecule has 12 N–H and O–H groups in total. The van der Waals surface area contributed by atoms with Crippen molar-refractivity contribution in [3.63, 3.8) is 0 Å². The third kappa shape index (κ3) is 11.3. The molecule has 5 fully saturated rings. The van der Waals surface area contributed by atoms with Crippen LogP contribution in [0.2, 0.25) is 0 Å². The normalized spacial score (nSPS) is 43.2. The highest BCUT2D eigenvalue weighted by atomic mass is 32.3. The maximum Gasteiger partial charge on any atom is 0.394 e. The second-order valence-corrected chi connectivity index (χ2v) is 16.8. The molecule has 0 spiro atoms. The van der Waals surface area contributed by atoms with E-state index in [0.717, 1.165) is 13.0 Å². The maximum atomic E-state index is 12.9. The summed E-state index contributed by atoms with van der Waals surface area (Å²) in [5.74, 6) is -2.10. The number of fused-ring (bicyclic) bond motifs is 2. The number of ketones is 1. The van der Waals surface area contributed by atoms with E-state index in [2.05, 4.69) is 29.8 Å². The van der Waals surface area contributed by atoms with Crippen LogP contribution in [0.3, 0.4) is 0 Å². The Morgan fingerprint density at radius 1 is 0.927 bits per heavy atom. The standard InChI is InChI=1S/C18H34N2O6S.C14H24N2O7.H2O4S/c1-8(2)10-6-11(20(4)7-10)17(25)19-12(9(3)21)16-14(23)13(22)15(24)18(26-16)27-5;1-5-4-6(17)14(20)13(21-5)22-12-10(19)7(15-2)9(18)8(16-3)11(12)23-14;1-5(2,3)4/h8-16,18,21-24H,6-7H2,1-5H3,(H,19,25);5,7-13,15-16,18-20H,4H2,1-3H3;(H2,1,2,3,4). The molecule has 4 heterocycles. The van der Waals surface area contributed by atoms with Crippen molar-refractivity contribution in [2.45, 2.75) is 143 Å². The second kappa shape index (κ2) is 19.7. The minimum absolute atomic E-state index is 0.00220. The molecule has 0 aromatic rings. The molecule has 1 aliphatic carbocycles. The van der Waals surface area contributed by atoms with E-state index in [-0.39, 0.29) is 18.4 Å². The number of rotatable bonds is 8.